The molecule has 3 aromatic carbocycles. The molecule has 0 atom stereocenters. The van der Waals surface area contributed by atoms with Crippen molar-refractivity contribution in [2.45, 2.75) is 11.8 Å². The molecule has 2 N–H and O–H groups in total. The van der Waals surface area contributed by atoms with E-state index in [9.17, 15) is 13.2 Å². The summed E-state index contributed by atoms with van der Waals surface area (Å²) in [6.07, 6.45) is 0. The predicted molar refractivity (Wildman–Crippen MR) is 124 cm³/mol. The number of hydrogen-bond acceptors (Lipinski definition) is 5. The summed E-state index contributed by atoms with van der Waals surface area (Å²) in [7, 11) is -2.30. The fraction of sp³-hybridized carbons (Fsp3) is 0.0870. The Bertz CT molecular complexity index is 1410. The molecule has 1 amide bonds. The highest BCUT2D eigenvalue weighted by Crippen LogP contribution is 2.29. The number of carbonyl (C=O) groups is 1. The molecule has 0 saturated heterocycles. The Morgan fingerprint density at radius 2 is 1.72 bits per heavy atom. The molecule has 4 aromatic rings. The van der Waals surface area contributed by atoms with Gasteiger partial charge in [-0.05, 0) is 61.0 Å². The van der Waals surface area contributed by atoms with Gasteiger partial charge in [-0.3, -0.25) is 9.52 Å². The van der Waals surface area contributed by atoms with E-state index in [4.69, 9.17) is 20.8 Å². The van der Waals surface area contributed by atoms with Gasteiger partial charge in [-0.25, -0.2) is 8.42 Å². The first-order valence-corrected chi connectivity index (χ1v) is 11.4. The van der Waals surface area contributed by atoms with E-state index in [1.54, 1.807) is 36.4 Å². The fourth-order valence-electron chi connectivity index (χ4n) is 3.09. The molecular formula is C23H19ClN2O5S. The van der Waals surface area contributed by atoms with Gasteiger partial charge < -0.3 is 14.5 Å². The molecule has 0 unspecified atom stereocenters. The van der Waals surface area contributed by atoms with Crippen molar-refractivity contribution in [2.24, 2.45) is 0 Å². The summed E-state index contributed by atoms with van der Waals surface area (Å²) in [5.74, 6) is 0.170. The third-order valence-corrected chi connectivity index (χ3v) is 6.60. The van der Waals surface area contributed by atoms with Crippen molar-refractivity contribution in [3.63, 3.8) is 0 Å². The van der Waals surface area contributed by atoms with Gasteiger partial charge >= 0.3 is 0 Å². The molecule has 164 valence electrons. The van der Waals surface area contributed by atoms with Gasteiger partial charge in [0, 0.05) is 16.1 Å². The van der Waals surface area contributed by atoms with Crippen molar-refractivity contribution in [3.8, 4) is 5.75 Å². The largest absolute Gasteiger partial charge is 0.493 e. The normalized spacial score (nSPS) is 11.3. The Labute approximate surface area is 190 Å². The van der Waals surface area contributed by atoms with Crippen LogP contribution in [0, 0.1) is 6.92 Å². The number of methoxy groups -OCH3 is 1. The smallest absolute Gasteiger partial charge is 0.291 e. The van der Waals surface area contributed by atoms with Gasteiger partial charge in [0.25, 0.3) is 15.9 Å². The zero-order valence-corrected chi connectivity index (χ0v) is 18.8. The van der Waals surface area contributed by atoms with E-state index in [0.717, 1.165) is 10.9 Å². The molecule has 1 heterocycles. The summed E-state index contributed by atoms with van der Waals surface area (Å²) in [5.41, 5.74) is 2.10. The lowest BCUT2D eigenvalue weighted by Crippen LogP contribution is -2.14. The Hall–Kier alpha value is -3.49. The lowest BCUT2D eigenvalue weighted by Gasteiger charge is -2.10. The summed E-state index contributed by atoms with van der Waals surface area (Å²) in [6.45, 7) is 1.83. The second-order valence-corrected chi connectivity index (χ2v) is 9.13. The first-order valence-electron chi connectivity index (χ1n) is 9.54. The molecule has 1 aromatic heterocycles. The number of hydrogen-bond donors (Lipinski definition) is 2. The minimum Gasteiger partial charge on any atom is -0.493 e. The van der Waals surface area contributed by atoms with Crippen molar-refractivity contribution >= 4 is 49.9 Å². The highest BCUT2D eigenvalue weighted by atomic mass is 35.5. The van der Waals surface area contributed by atoms with Crippen molar-refractivity contribution in [1.29, 1.82) is 0 Å². The number of fused-ring (bicyclic) bond motifs is 1. The van der Waals surface area contributed by atoms with Crippen LogP contribution in [0.3, 0.4) is 0 Å². The number of ether oxygens (including phenoxy) is 1. The zero-order chi connectivity index (χ0) is 22.9. The van der Waals surface area contributed by atoms with Crippen LogP contribution in [-0.2, 0) is 10.0 Å². The van der Waals surface area contributed by atoms with E-state index in [0.29, 0.717) is 27.7 Å². The van der Waals surface area contributed by atoms with E-state index in [1.807, 2.05) is 13.0 Å². The number of halogens is 1. The van der Waals surface area contributed by atoms with Crippen LogP contribution in [0.5, 0.6) is 5.75 Å². The minimum absolute atomic E-state index is 0.0423. The van der Waals surface area contributed by atoms with Crippen LogP contribution in [-0.4, -0.2) is 21.4 Å². The van der Waals surface area contributed by atoms with Crippen LogP contribution in [0.15, 0.2) is 76.0 Å². The van der Waals surface area contributed by atoms with E-state index < -0.39 is 15.9 Å². The second-order valence-electron chi connectivity index (χ2n) is 7.04. The number of amides is 1. The van der Waals surface area contributed by atoms with Gasteiger partial charge in [-0.15, -0.1) is 0 Å². The fourth-order valence-corrected chi connectivity index (χ4v) is 4.32. The monoisotopic (exact) mass is 470 g/mol. The van der Waals surface area contributed by atoms with Crippen LogP contribution in [0.4, 0.5) is 11.4 Å². The van der Waals surface area contributed by atoms with Gasteiger partial charge in [-0.1, -0.05) is 29.8 Å². The topological polar surface area (TPSA) is 97.6 Å². The molecule has 7 nitrogen and oxygen atoms in total. The minimum atomic E-state index is -3.82. The van der Waals surface area contributed by atoms with Crippen LogP contribution in [0.2, 0.25) is 5.02 Å². The average Bonchev–Trinajstić information content (AvgIpc) is 3.21. The molecule has 0 aliphatic carbocycles. The van der Waals surface area contributed by atoms with E-state index >= 15 is 0 Å². The van der Waals surface area contributed by atoms with Gasteiger partial charge in [0.05, 0.1) is 17.7 Å². The van der Waals surface area contributed by atoms with E-state index in [1.165, 1.54) is 31.4 Å². The Kier molecular flexibility index (Phi) is 5.82. The van der Waals surface area contributed by atoms with Crippen LogP contribution in [0.25, 0.3) is 11.0 Å². The molecule has 9 heteroatoms. The third-order valence-electron chi connectivity index (χ3n) is 4.80. The SMILES string of the molecule is COc1cccc2cc(C(=O)Nc3ccc(S(=O)(=O)Nc4ccc(C)c(Cl)c4)cc3)oc12. The highest BCUT2D eigenvalue weighted by molar-refractivity contribution is 7.92. The zero-order valence-electron chi connectivity index (χ0n) is 17.2. The number of carbonyl (C=O) groups excluding carboxylic acids is 1. The molecule has 0 saturated carbocycles. The van der Waals surface area contributed by atoms with Gasteiger partial charge in [0.2, 0.25) is 0 Å². The van der Waals surface area contributed by atoms with Gasteiger partial charge in [0.1, 0.15) is 0 Å². The predicted octanol–water partition coefficient (Wildman–Crippen LogP) is 5.46. The average molecular weight is 471 g/mol. The third kappa shape index (κ3) is 4.42. The number of furan rings is 1. The number of rotatable bonds is 6. The first-order chi connectivity index (χ1) is 15.3. The number of para-hydroxylation sites is 1. The van der Waals surface area contributed by atoms with Crippen molar-refractivity contribution in [2.75, 3.05) is 17.1 Å². The van der Waals surface area contributed by atoms with Crippen molar-refractivity contribution in [3.05, 3.63) is 83.1 Å². The molecule has 0 spiro atoms. The summed E-state index contributed by atoms with van der Waals surface area (Å²) in [6, 6.07) is 17.7. The Balaban J connectivity index is 1.49. The lowest BCUT2D eigenvalue weighted by atomic mass is 10.2. The number of anilines is 2. The van der Waals surface area contributed by atoms with E-state index in [2.05, 4.69) is 10.0 Å². The number of aryl methyl sites for hydroxylation is 1. The summed E-state index contributed by atoms with van der Waals surface area (Å²) >= 11 is 6.06. The molecule has 0 bridgehead atoms. The van der Waals surface area contributed by atoms with Crippen LogP contribution < -0.4 is 14.8 Å². The molecule has 32 heavy (non-hydrogen) atoms. The first kappa shape index (κ1) is 21.7. The summed E-state index contributed by atoms with van der Waals surface area (Å²) < 4.78 is 38.7. The maximum absolute atomic E-state index is 12.6. The number of benzene rings is 3. The maximum atomic E-state index is 12.6. The molecule has 0 radical (unpaired) electrons. The number of sulfonamides is 1. The quantitative estimate of drug-likeness (QED) is 0.390. The summed E-state index contributed by atoms with van der Waals surface area (Å²) in [5, 5.41) is 3.89. The second kappa shape index (κ2) is 8.57. The summed E-state index contributed by atoms with van der Waals surface area (Å²) in [4.78, 5) is 12.6. The van der Waals surface area contributed by atoms with Crippen LogP contribution >= 0.6 is 11.6 Å². The van der Waals surface area contributed by atoms with E-state index in [-0.39, 0.29) is 10.7 Å². The molecule has 0 aliphatic heterocycles. The Morgan fingerprint density at radius 3 is 2.41 bits per heavy atom. The lowest BCUT2D eigenvalue weighted by molar-refractivity contribution is 0.0998. The Morgan fingerprint density at radius 1 is 1.00 bits per heavy atom. The van der Waals surface area contributed by atoms with Gasteiger partial charge in [-0.2, -0.15) is 0 Å². The maximum Gasteiger partial charge on any atom is 0.291 e. The molecule has 0 fully saturated rings. The molecular weight excluding hydrogens is 452 g/mol. The standard InChI is InChI=1S/C23H19ClN2O5S/c1-14-6-7-17(13-19(14)24)26-32(28,29)18-10-8-16(9-11-18)25-23(27)21-12-15-4-3-5-20(30-2)22(15)31-21/h3-13,26H,1-2H3,(H,25,27). The number of nitrogens with one attached hydrogen (secondary N) is 2. The molecule has 0 aliphatic rings. The van der Waals surface area contributed by atoms with Gasteiger partial charge in [0.15, 0.2) is 17.1 Å². The van der Waals surface area contributed by atoms with Crippen LogP contribution in [0.1, 0.15) is 16.1 Å². The van der Waals surface area contributed by atoms with Crippen molar-refractivity contribution < 1.29 is 22.4 Å². The van der Waals surface area contributed by atoms with Crippen molar-refractivity contribution in [1.82, 2.24) is 0 Å². The highest BCUT2D eigenvalue weighted by Gasteiger charge is 2.17. The molecule has 4 rings (SSSR count).